The second-order valence-corrected chi connectivity index (χ2v) is 7.40. The molecular weight excluding hydrogens is 386 g/mol. The second kappa shape index (κ2) is 8.37. The fraction of sp³-hybridized carbons (Fsp3) is 0.600. The minimum atomic E-state index is 0.198. The van der Waals surface area contributed by atoms with Gasteiger partial charge in [0.05, 0.1) is 16.1 Å². The van der Waals surface area contributed by atoms with E-state index in [1.807, 2.05) is 0 Å². The highest BCUT2D eigenvalue weighted by molar-refractivity contribution is 9.11. The minimum absolute atomic E-state index is 0.198. The number of halogens is 2. The molecule has 3 nitrogen and oxygen atoms in total. The molecule has 0 unspecified atom stereocenters. The van der Waals surface area contributed by atoms with Crippen molar-refractivity contribution in [2.75, 3.05) is 20.3 Å². The topological polar surface area (TPSA) is 41.5 Å². The molecule has 0 aliphatic heterocycles. The average Bonchev–Trinajstić information content (AvgIpc) is 2.36. The monoisotopic (exact) mass is 407 g/mol. The molecule has 0 heterocycles. The van der Waals surface area contributed by atoms with Gasteiger partial charge >= 0.3 is 0 Å². The molecule has 1 aromatic rings. The van der Waals surface area contributed by atoms with E-state index >= 15 is 0 Å². The van der Waals surface area contributed by atoms with Crippen LogP contribution in [0.5, 0.6) is 5.75 Å². The molecule has 0 aromatic heterocycles. The number of nitrogens with one attached hydrogen (secondary N) is 1. The molecule has 0 radical (unpaired) electrons. The third-order valence-electron chi connectivity index (χ3n) is 3.21. The molecule has 2 N–H and O–H groups in total. The largest absolute Gasteiger partial charge is 0.494 e. The van der Waals surface area contributed by atoms with Gasteiger partial charge in [0.25, 0.3) is 0 Å². The molecule has 0 aliphatic rings. The Hall–Kier alpha value is -0.100. The van der Waals surface area contributed by atoms with Gasteiger partial charge in [-0.3, -0.25) is 0 Å². The van der Waals surface area contributed by atoms with E-state index in [2.05, 4.69) is 63.2 Å². The van der Waals surface area contributed by atoms with Crippen LogP contribution in [0.15, 0.2) is 21.1 Å². The van der Waals surface area contributed by atoms with Gasteiger partial charge in [-0.05, 0) is 67.8 Å². The van der Waals surface area contributed by atoms with Crippen molar-refractivity contribution in [3.05, 3.63) is 26.6 Å². The number of hydrogen-bond donors (Lipinski definition) is 2. The smallest absolute Gasteiger partial charge is 0.147 e. The zero-order valence-corrected chi connectivity index (χ0v) is 15.5. The third-order valence-corrected chi connectivity index (χ3v) is 4.38. The molecule has 0 saturated heterocycles. The maximum absolute atomic E-state index is 8.90. The first-order valence-corrected chi connectivity index (χ1v) is 8.32. The molecule has 0 fully saturated rings. The summed E-state index contributed by atoms with van der Waals surface area (Å²) in [7, 11) is 1.66. The van der Waals surface area contributed by atoms with Crippen LogP contribution >= 0.6 is 31.9 Å². The van der Waals surface area contributed by atoms with E-state index in [0.717, 1.165) is 40.6 Å². The van der Waals surface area contributed by atoms with E-state index in [1.165, 1.54) is 5.56 Å². The van der Waals surface area contributed by atoms with Gasteiger partial charge in [-0.25, -0.2) is 0 Å². The lowest BCUT2D eigenvalue weighted by Crippen LogP contribution is -2.29. The number of aliphatic hydroxyl groups is 1. The van der Waals surface area contributed by atoms with Crippen LogP contribution in [0.25, 0.3) is 0 Å². The number of methoxy groups -OCH3 is 1. The molecule has 0 bridgehead atoms. The average molecular weight is 409 g/mol. The SMILES string of the molecule is COc1c(Br)cc(CNCC(C)(C)CCCO)cc1Br. The Labute approximate surface area is 138 Å². The summed E-state index contributed by atoms with van der Waals surface area (Å²) >= 11 is 7.03. The van der Waals surface area contributed by atoms with E-state index in [4.69, 9.17) is 9.84 Å². The molecule has 114 valence electrons. The van der Waals surface area contributed by atoms with Gasteiger partial charge in [0.15, 0.2) is 0 Å². The van der Waals surface area contributed by atoms with Crippen LogP contribution in [0.1, 0.15) is 32.3 Å². The normalized spacial score (nSPS) is 11.7. The van der Waals surface area contributed by atoms with E-state index in [1.54, 1.807) is 7.11 Å². The predicted octanol–water partition coefficient (Wildman–Crippen LogP) is 4.11. The van der Waals surface area contributed by atoms with Crippen molar-refractivity contribution >= 4 is 31.9 Å². The predicted molar refractivity (Wildman–Crippen MR) is 90.2 cm³/mol. The van der Waals surface area contributed by atoms with Gasteiger partial charge in [-0.1, -0.05) is 13.8 Å². The maximum Gasteiger partial charge on any atom is 0.147 e. The lowest BCUT2D eigenvalue weighted by molar-refractivity contribution is 0.236. The molecule has 0 saturated carbocycles. The third kappa shape index (κ3) is 5.72. The highest BCUT2D eigenvalue weighted by atomic mass is 79.9. The summed E-state index contributed by atoms with van der Waals surface area (Å²) in [5.41, 5.74) is 1.39. The van der Waals surface area contributed by atoms with Gasteiger partial charge in [0, 0.05) is 19.7 Å². The lowest BCUT2D eigenvalue weighted by Gasteiger charge is -2.24. The lowest BCUT2D eigenvalue weighted by atomic mass is 9.88. The van der Waals surface area contributed by atoms with Crippen LogP contribution < -0.4 is 10.1 Å². The quantitative estimate of drug-likeness (QED) is 0.680. The summed E-state index contributed by atoms with van der Waals surface area (Å²) in [6.45, 7) is 6.44. The van der Waals surface area contributed by atoms with E-state index < -0.39 is 0 Å². The van der Waals surface area contributed by atoms with E-state index in [-0.39, 0.29) is 12.0 Å². The zero-order valence-electron chi connectivity index (χ0n) is 12.3. The van der Waals surface area contributed by atoms with Gasteiger partial charge in [-0.2, -0.15) is 0 Å². The van der Waals surface area contributed by atoms with Crippen molar-refractivity contribution in [2.24, 2.45) is 5.41 Å². The highest BCUT2D eigenvalue weighted by Crippen LogP contribution is 2.34. The van der Waals surface area contributed by atoms with Crippen LogP contribution in [0.4, 0.5) is 0 Å². The van der Waals surface area contributed by atoms with Crippen molar-refractivity contribution in [3.63, 3.8) is 0 Å². The Morgan fingerprint density at radius 2 is 1.85 bits per heavy atom. The molecule has 1 aromatic carbocycles. The number of rotatable bonds is 8. The highest BCUT2D eigenvalue weighted by Gasteiger charge is 2.16. The summed E-state index contributed by atoms with van der Waals surface area (Å²) in [6, 6.07) is 4.13. The Morgan fingerprint density at radius 3 is 2.35 bits per heavy atom. The maximum atomic E-state index is 8.90. The van der Waals surface area contributed by atoms with Crippen LogP contribution in [0.3, 0.4) is 0 Å². The van der Waals surface area contributed by atoms with Crippen LogP contribution in [0, 0.1) is 5.41 Å². The van der Waals surface area contributed by atoms with Crippen molar-refractivity contribution in [1.29, 1.82) is 0 Å². The van der Waals surface area contributed by atoms with Crippen LogP contribution in [0.2, 0.25) is 0 Å². The minimum Gasteiger partial charge on any atom is -0.494 e. The van der Waals surface area contributed by atoms with Gasteiger partial charge in [-0.15, -0.1) is 0 Å². The first-order valence-electron chi connectivity index (χ1n) is 6.73. The number of hydrogen-bond acceptors (Lipinski definition) is 3. The summed E-state index contributed by atoms with van der Waals surface area (Å²) in [5, 5.41) is 12.4. The van der Waals surface area contributed by atoms with Crippen molar-refractivity contribution < 1.29 is 9.84 Å². The number of aliphatic hydroxyl groups excluding tert-OH is 1. The molecule has 0 amide bonds. The summed E-state index contributed by atoms with van der Waals surface area (Å²) in [5.74, 6) is 0.817. The fourth-order valence-corrected chi connectivity index (χ4v) is 3.71. The number of ether oxygens (including phenoxy) is 1. The summed E-state index contributed by atoms with van der Waals surface area (Å²) in [6.07, 6.45) is 1.88. The Morgan fingerprint density at radius 1 is 1.25 bits per heavy atom. The Balaban J connectivity index is 2.54. The summed E-state index contributed by atoms with van der Waals surface area (Å²) < 4.78 is 7.20. The zero-order chi connectivity index (χ0) is 15.2. The van der Waals surface area contributed by atoms with Crippen LogP contribution in [-0.2, 0) is 6.54 Å². The first-order chi connectivity index (χ1) is 9.39. The first kappa shape index (κ1) is 18.0. The standard InChI is InChI=1S/C15H23Br2NO2/c1-15(2,5-4-6-19)10-18-9-11-7-12(16)14(20-3)13(17)8-11/h7-8,18-19H,4-6,9-10H2,1-3H3. The summed E-state index contributed by atoms with van der Waals surface area (Å²) in [4.78, 5) is 0. The van der Waals surface area contributed by atoms with Gasteiger partial charge in [0.1, 0.15) is 5.75 Å². The van der Waals surface area contributed by atoms with E-state index in [9.17, 15) is 0 Å². The molecule has 1 rings (SSSR count). The van der Waals surface area contributed by atoms with Gasteiger partial charge in [0.2, 0.25) is 0 Å². The van der Waals surface area contributed by atoms with E-state index in [0.29, 0.717) is 0 Å². The van der Waals surface area contributed by atoms with Crippen molar-refractivity contribution in [3.8, 4) is 5.75 Å². The fourth-order valence-electron chi connectivity index (χ4n) is 2.10. The number of benzene rings is 1. The van der Waals surface area contributed by atoms with Crippen LogP contribution in [-0.4, -0.2) is 25.4 Å². The molecule has 0 spiro atoms. The Kier molecular flexibility index (Phi) is 7.51. The molecule has 20 heavy (non-hydrogen) atoms. The van der Waals surface area contributed by atoms with Gasteiger partial charge < -0.3 is 15.2 Å². The molecule has 0 aliphatic carbocycles. The van der Waals surface area contributed by atoms with Crippen molar-refractivity contribution in [2.45, 2.75) is 33.2 Å². The van der Waals surface area contributed by atoms with Crippen molar-refractivity contribution in [1.82, 2.24) is 5.32 Å². The molecule has 0 atom stereocenters. The molecule has 5 heteroatoms. The Bertz CT molecular complexity index is 413. The second-order valence-electron chi connectivity index (χ2n) is 5.69. The molecular formula is C15H23Br2NO2.